The average molecular weight is 255 g/mol. The molecule has 0 radical (unpaired) electrons. The molecule has 6 heteroatoms. The van der Waals surface area contributed by atoms with E-state index < -0.39 is 5.60 Å². The highest BCUT2D eigenvalue weighted by Crippen LogP contribution is 2.31. The van der Waals surface area contributed by atoms with Crippen molar-refractivity contribution in [2.75, 3.05) is 13.7 Å². The number of hydrogen-bond acceptors (Lipinski definition) is 6. The lowest BCUT2D eigenvalue weighted by molar-refractivity contribution is -0.0306. The summed E-state index contributed by atoms with van der Waals surface area (Å²) in [7, 11) is 1.67. The quantitative estimate of drug-likeness (QED) is 0.821. The molecule has 2 heterocycles. The highest BCUT2D eigenvalue weighted by molar-refractivity contribution is 5.04. The molecule has 1 aliphatic rings. The van der Waals surface area contributed by atoms with Crippen molar-refractivity contribution in [3.8, 4) is 0 Å². The Morgan fingerprint density at radius 1 is 1.50 bits per heavy atom. The minimum absolute atomic E-state index is 0.0514. The number of aromatic nitrogens is 2. The summed E-state index contributed by atoms with van der Waals surface area (Å²) >= 11 is 0. The third-order valence-corrected chi connectivity index (χ3v) is 3.79. The van der Waals surface area contributed by atoms with Crippen molar-refractivity contribution in [3.05, 3.63) is 11.7 Å². The number of aliphatic hydroxyl groups excluding tert-OH is 1. The molecular weight excluding hydrogens is 234 g/mol. The monoisotopic (exact) mass is 255 g/mol. The maximum Gasteiger partial charge on any atom is 0.243 e. The van der Waals surface area contributed by atoms with Gasteiger partial charge in [-0.25, -0.2) is 0 Å². The van der Waals surface area contributed by atoms with E-state index in [4.69, 9.17) is 9.26 Å². The molecule has 0 aromatic carbocycles. The zero-order valence-electron chi connectivity index (χ0n) is 11.1. The summed E-state index contributed by atoms with van der Waals surface area (Å²) in [5.41, 5.74) is -0.473. The Balaban J connectivity index is 2.19. The van der Waals surface area contributed by atoms with Crippen LogP contribution in [0.4, 0.5) is 0 Å². The predicted octanol–water partition coefficient (Wildman–Crippen LogP) is 1.13. The second-order valence-electron chi connectivity index (χ2n) is 4.71. The molecule has 1 aliphatic heterocycles. The van der Waals surface area contributed by atoms with Gasteiger partial charge in [0.1, 0.15) is 5.60 Å². The standard InChI is InChI=1S/C12H21N3O3/c1-4-12(5-2,17-3)11-14-10(18-15-11)9-6-8(16)7-13-9/h8-9,13,16H,4-7H2,1-3H3. The van der Waals surface area contributed by atoms with E-state index in [0.717, 1.165) is 12.8 Å². The molecule has 1 aromatic heterocycles. The molecule has 1 fully saturated rings. The van der Waals surface area contributed by atoms with Crippen LogP contribution in [0.2, 0.25) is 0 Å². The number of ether oxygens (including phenoxy) is 1. The first-order valence-corrected chi connectivity index (χ1v) is 6.46. The largest absolute Gasteiger partial charge is 0.392 e. The zero-order valence-corrected chi connectivity index (χ0v) is 11.1. The van der Waals surface area contributed by atoms with Crippen molar-refractivity contribution < 1.29 is 14.4 Å². The number of methoxy groups -OCH3 is 1. The number of hydrogen-bond donors (Lipinski definition) is 2. The van der Waals surface area contributed by atoms with E-state index in [9.17, 15) is 5.11 Å². The molecule has 2 unspecified atom stereocenters. The molecule has 0 saturated carbocycles. The van der Waals surface area contributed by atoms with Crippen LogP contribution in [0.15, 0.2) is 4.52 Å². The van der Waals surface area contributed by atoms with Crippen LogP contribution >= 0.6 is 0 Å². The van der Waals surface area contributed by atoms with Crippen molar-refractivity contribution in [1.82, 2.24) is 15.5 Å². The van der Waals surface area contributed by atoms with Crippen molar-refractivity contribution in [3.63, 3.8) is 0 Å². The van der Waals surface area contributed by atoms with Crippen molar-refractivity contribution >= 4 is 0 Å². The molecule has 0 amide bonds. The summed E-state index contributed by atoms with van der Waals surface area (Å²) < 4.78 is 10.9. The normalized spacial score (nSPS) is 24.7. The SMILES string of the molecule is CCC(CC)(OC)c1noc(C2CC(O)CN2)n1. The molecule has 0 bridgehead atoms. The zero-order chi connectivity index (χ0) is 13.2. The first-order valence-electron chi connectivity index (χ1n) is 6.46. The average Bonchev–Trinajstić information content (AvgIpc) is 3.01. The van der Waals surface area contributed by atoms with Gasteiger partial charge in [-0.2, -0.15) is 4.98 Å². The molecule has 102 valence electrons. The van der Waals surface area contributed by atoms with Gasteiger partial charge < -0.3 is 19.7 Å². The summed E-state index contributed by atoms with van der Waals surface area (Å²) in [5, 5.41) is 16.7. The highest BCUT2D eigenvalue weighted by atomic mass is 16.5. The number of β-amino-alcohol motifs (C(OH)–C–C–N with tert-alkyl or cyclic N) is 1. The second kappa shape index (κ2) is 5.34. The lowest BCUT2D eigenvalue weighted by atomic mass is 9.96. The molecule has 2 N–H and O–H groups in total. The Bertz CT molecular complexity index is 381. The van der Waals surface area contributed by atoms with Gasteiger partial charge in [0.2, 0.25) is 11.7 Å². The topological polar surface area (TPSA) is 80.4 Å². The summed E-state index contributed by atoms with van der Waals surface area (Å²) in [6, 6.07) is -0.0514. The lowest BCUT2D eigenvalue weighted by Crippen LogP contribution is -2.28. The van der Waals surface area contributed by atoms with Crippen molar-refractivity contribution in [2.45, 2.75) is 50.9 Å². The van der Waals surface area contributed by atoms with Crippen LogP contribution < -0.4 is 5.32 Å². The van der Waals surface area contributed by atoms with Gasteiger partial charge in [-0.15, -0.1) is 0 Å². The lowest BCUT2D eigenvalue weighted by Gasteiger charge is -2.25. The highest BCUT2D eigenvalue weighted by Gasteiger charge is 2.36. The van der Waals surface area contributed by atoms with Gasteiger partial charge in [-0.05, 0) is 19.3 Å². The first kappa shape index (κ1) is 13.5. The summed E-state index contributed by atoms with van der Waals surface area (Å²) in [4.78, 5) is 4.44. The molecule has 6 nitrogen and oxygen atoms in total. The third-order valence-electron chi connectivity index (χ3n) is 3.79. The summed E-state index contributed by atoms with van der Waals surface area (Å²) in [5.74, 6) is 1.12. The number of nitrogens with zero attached hydrogens (tertiary/aromatic N) is 2. The summed E-state index contributed by atoms with van der Waals surface area (Å²) in [6.07, 6.45) is 1.86. The first-order chi connectivity index (χ1) is 8.65. The van der Waals surface area contributed by atoms with E-state index in [0.29, 0.717) is 24.7 Å². The fraction of sp³-hybridized carbons (Fsp3) is 0.833. The molecule has 1 aromatic rings. The van der Waals surface area contributed by atoms with Crippen LogP contribution in [0.1, 0.15) is 50.9 Å². The van der Waals surface area contributed by atoms with Gasteiger partial charge in [0.25, 0.3) is 0 Å². The maximum absolute atomic E-state index is 9.49. The van der Waals surface area contributed by atoms with Crippen LogP contribution in [0.25, 0.3) is 0 Å². The van der Waals surface area contributed by atoms with Crippen molar-refractivity contribution in [2.24, 2.45) is 0 Å². The van der Waals surface area contributed by atoms with E-state index in [1.54, 1.807) is 7.11 Å². The van der Waals surface area contributed by atoms with Gasteiger partial charge >= 0.3 is 0 Å². The smallest absolute Gasteiger partial charge is 0.243 e. The summed E-state index contributed by atoms with van der Waals surface area (Å²) in [6.45, 7) is 4.65. The molecule has 0 spiro atoms. The van der Waals surface area contributed by atoms with Crippen LogP contribution in [0, 0.1) is 0 Å². The van der Waals surface area contributed by atoms with E-state index in [1.807, 2.05) is 13.8 Å². The molecule has 18 heavy (non-hydrogen) atoms. The van der Waals surface area contributed by atoms with E-state index in [1.165, 1.54) is 0 Å². The van der Waals surface area contributed by atoms with Crippen LogP contribution in [0.5, 0.6) is 0 Å². The maximum atomic E-state index is 9.49. The Hall–Kier alpha value is -0.980. The van der Waals surface area contributed by atoms with Gasteiger partial charge in [-0.3, -0.25) is 0 Å². The van der Waals surface area contributed by atoms with Crippen LogP contribution in [-0.2, 0) is 10.3 Å². The fourth-order valence-corrected chi connectivity index (χ4v) is 2.41. The van der Waals surface area contributed by atoms with Gasteiger partial charge in [0, 0.05) is 13.7 Å². The minimum Gasteiger partial charge on any atom is -0.392 e. The van der Waals surface area contributed by atoms with E-state index >= 15 is 0 Å². The molecule has 0 aliphatic carbocycles. The third kappa shape index (κ3) is 2.28. The number of rotatable bonds is 5. The van der Waals surface area contributed by atoms with E-state index in [-0.39, 0.29) is 12.1 Å². The number of nitrogens with one attached hydrogen (secondary N) is 1. The molecule has 2 rings (SSSR count). The Morgan fingerprint density at radius 3 is 2.72 bits per heavy atom. The Labute approximate surface area is 107 Å². The molecule has 1 saturated heterocycles. The van der Waals surface area contributed by atoms with Gasteiger partial charge in [-0.1, -0.05) is 19.0 Å². The van der Waals surface area contributed by atoms with E-state index in [2.05, 4.69) is 15.5 Å². The molecular formula is C12H21N3O3. The predicted molar refractivity (Wildman–Crippen MR) is 64.9 cm³/mol. The van der Waals surface area contributed by atoms with Crippen molar-refractivity contribution in [1.29, 1.82) is 0 Å². The Morgan fingerprint density at radius 2 is 2.22 bits per heavy atom. The fourth-order valence-electron chi connectivity index (χ4n) is 2.41. The minimum atomic E-state index is -0.473. The van der Waals surface area contributed by atoms with Crippen LogP contribution in [-0.4, -0.2) is 35.0 Å². The molecule has 2 atom stereocenters. The number of aliphatic hydroxyl groups is 1. The van der Waals surface area contributed by atoms with Crippen LogP contribution in [0.3, 0.4) is 0 Å². The van der Waals surface area contributed by atoms with Gasteiger partial charge in [0.05, 0.1) is 12.1 Å². The van der Waals surface area contributed by atoms with Gasteiger partial charge in [0.15, 0.2) is 0 Å². The Kier molecular flexibility index (Phi) is 3.99. The second-order valence-corrected chi connectivity index (χ2v) is 4.71.